The van der Waals surface area contributed by atoms with Gasteiger partial charge in [-0.2, -0.15) is 0 Å². The van der Waals surface area contributed by atoms with Gasteiger partial charge in [0.1, 0.15) is 79.4 Å². The molecule has 9 aliphatic rings. The third-order valence-electron chi connectivity index (χ3n) is 19.9. The highest BCUT2D eigenvalue weighted by molar-refractivity contribution is 5.88. The van der Waals surface area contributed by atoms with Gasteiger partial charge in [-0.25, -0.2) is 4.79 Å². The van der Waals surface area contributed by atoms with Crippen LogP contribution in [0.5, 0.6) is 0 Å². The molecule has 0 aromatic rings. The van der Waals surface area contributed by atoms with Crippen molar-refractivity contribution in [1.29, 1.82) is 0 Å². The van der Waals surface area contributed by atoms with Crippen LogP contribution >= 0.6 is 0 Å². The Morgan fingerprint density at radius 1 is 0.621 bits per heavy atom. The SMILES string of the molecule is CC1=CC[C@H]([C@@H](C)[C@H]2CC[C@@]3(C)[C@@H]4CC[C@H]5C(C)(C)[C@@H](O[C@@H]6O[C@H](CO)[C@@H](O)[C@H](O)[C@H]6O[C@@H]6O[C@H](CO)[C@@H](O)[C@H](O)[C@H]6O[C@@H]6O[C@H](CO)[C@@H](O)[C@H](O)[C@H]6O)CC[C@@]56C[C@@]46CC[C@]23C)OC1=O. The van der Waals surface area contributed by atoms with E-state index >= 15 is 0 Å². The van der Waals surface area contributed by atoms with Gasteiger partial charge in [0, 0.05) is 12.0 Å². The molecule has 0 aromatic carbocycles. The molecule has 10 N–H and O–H groups in total. The molecule has 0 amide bonds. The monoisotopic (exact) mass is 941 g/mol. The predicted octanol–water partition coefficient (Wildman–Crippen LogP) is 0.157. The second-order valence-corrected chi connectivity index (χ2v) is 22.9. The first-order valence-corrected chi connectivity index (χ1v) is 24.5. The van der Waals surface area contributed by atoms with Gasteiger partial charge in [-0.15, -0.1) is 0 Å². The first-order valence-electron chi connectivity index (χ1n) is 24.5. The lowest BCUT2D eigenvalue weighted by atomic mass is 9.41. The summed E-state index contributed by atoms with van der Waals surface area (Å²) in [7, 11) is 0. The number of carbonyl (C=O) groups excluding carboxylic acids is 1. The highest BCUT2D eigenvalue weighted by Gasteiger charge is 2.82. The van der Waals surface area contributed by atoms with Crippen molar-refractivity contribution in [3.63, 3.8) is 0 Å². The van der Waals surface area contributed by atoms with Crippen LogP contribution < -0.4 is 0 Å². The summed E-state index contributed by atoms with van der Waals surface area (Å²) in [5, 5.41) is 107. The summed E-state index contributed by atoms with van der Waals surface area (Å²) in [4.78, 5) is 12.6. The van der Waals surface area contributed by atoms with Gasteiger partial charge in [0.2, 0.25) is 0 Å². The molecular formula is C48H76O18. The van der Waals surface area contributed by atoms with Crippen LogP contribution in [0.2, 0.25) is 0 Å². The zero-order valence-corrected chi connectivity index (χ0v) is 39.1. The summed E-state index contributed by atoms with van der Waals surface area (Å²) in [6.45, 7) is 11.5. The van der Waals surface area contributed by atoms with Crippen LogP contribution in [0.25, 0.3) is 0 Å². The standard InChI is InChI=1S/C48H76O18/c1-21-7-8-24(60-40(21)59)22(2)23-11-13-46(6)29-10-9-28-44(3,4)30(12-14-47(28)20-48(29,47)16-15-45(23,46)5)64-42-38(35(56)32(53)26(18-50)62-42)66-43-39(36(57)33(54)27(19-51)63-43)65-41-37(58)34(55)31(52)25(17-49)61-41/h7,22-39,41-43,49-58H,8-20H2,1-6H3/t22-,23+,24+,25+,26+,27+,28-,29-,30-,31+,32+,33+,34-,35-,36-,37+,38+,39+,41-,42-,43-,45+,46-,47+,48-/m0/s1. The minimum atomic E-state index is -1.90. The fourth-order valence-electron chi connectivity index (χ4n) is 16.0. The highest BCUT2D eigenvalue weighted by Crippen LogP contribution is 2.89. The summed E-state index contributed by atoms with van der Waals surface area (Å²) < 4.78 is 42.7. The molecule has 0 unspecified atom stereocenters. The van der Waals surface area contributed by atoms with Crippen molar-refractivity contribution in [2.24, 2.45) is 50.7 Å². The van der Waals surface area contributed by atoms with Crippen molar-refractivity contribution >= 4 is 5.97 Å². The Morgan fingerprint density at radius 3 is 1.74 bits per heavy atom. The van der Waals surface area contributed by atoms with Gasteiger partial charge in [-0.3, -0.25) is 0 Å². The first-order chi connectivity index (χ1) is 31.1. The lowest BCUT2D eigenvalue weighted by Gasteiger charge is -2.64. The number of aliphatic hydroxyl groups excluding tert-OH is 10. The molecule has 5 aliphatic carbocycles. The van der Waals surface area contributed by atoms with E-state index in [-0.39, 0.29) is 39.7 Å². The average Bonchev–Trinajstić information content (AvgIpc) is 3.88. The van der Waals surface area contributed by atoms with Gasteiger partial charge in [0.15, 0.2) is 18.9 Å². The molecular weight excluding hydrogens is 865 g/mol. The maximum atomic E-state index is 12.6. The van der Waals surface area contributed by atoms with Crippen molar-refractivity contribution in [2.45, 2.75) is 210 Å². The van der Waals surface area contributed by atoms with Gasteiger partial charge in [0.25, 0.3) is 0 Å². The lowest BCUT2D eigenvalue weighted by Crippen LogP contribution is -2.67. The van der Waals surface area contributed by atoms with Crippen molar-refractivity contribution in [1.82, 2.24) is 0 Å². The van der Waals surface area contributed by atoms with Crippen molar-refractivity contribution in [3.05, 3.63) is 11.6 Å². The van der Waals surface area contributed by atoms with E-state index in [2.05, 4.69) is 34.6 Å². The fourth-order valence-corrected chi connectivity index (χ4v) is 16.0. The second-order valence-electron chi connectivity index (χ2n) is 22.9. The highest BCUT2D eigenvalue weighted by atomic mass is 16.8. The minimum absolute atomic E-state index is 0.103. The Morgan fingerprint density at radius 2 is 1.15 bits per heavy atom. The van der Waals surface area contributed by atoms with Gasteiger partial charge in [-0.05, 0) is 115 Å². The van der Waals surface area contributed by atoms with Crippen LogP contribution in [0.3, 0.4) is 0 Å². The number of hydrogen-bond donors (Lipinski definition) is 10. The van der Waals surface area contributed by atoms with E-state index in [1.54, 1.807) is 0 Å². The van der Waals surface area contributed by atoms with Crippen LogP contribution in [0, 0.1) is 50.7 Å². The lowest BCUT2D eigenvalue weighted by molar-refractivity contribution is -0.398. The molecule has 66 heavy (non-hydrogen) atoms. The topological polar surface area (TPSA) is 284 Å². The van der Waals surface area contributed by atoms with E-state index in [1.165, 1.54) is 6.42 Å². The van der Waals surface area contributed by atoms with E-state index in [1.807, 2.05) is 13.0 Å². The molecule has 18 nitrogen and oxygen atoms in total. The number of ether oxygens (including phenoxy) is 7. The largest absolute Gasteiger partial charge is 0.458 e. The molecule has 18 heteroatoms. The van der Waals surface area contributed by atoms with Crippen molar-refractivity contribution < 1.29 is 89.0 Å². The molecule has 4 aliphatic heterocycles. The molecule has 5 saturated carbocycles. The van der Waals surface area contributed by atoms with Gasteiger partial charge in [0.05, 0.1) is 25.9 Å². The molecule has 0 aromatic heterocycles. The molecule has 4 heterocycles. The van der Waals surface area contributed by atoms with Crippen LogP contribution in [0.15, 0.2) is 11.6 Å². The molecule has 8 fully saturated rings. The summed E-state index contributed by atoms with van der Waals surface area (Å²) in [5.41, 5.74) is 0.879. The number of cyclic esters (lactones) is 1. The number of hydrogen-bond acceptors (Lipinski definition) is 18. The van der Waals surface area contributed by atoms with Gasteiger partial charge < -0.3 is 84.2 Å². The summed E-state index contributed by atoms with van der Waals surface area (Å²) in [6.07, 6.45) is -13.1. The maximum absolute atomic E-state index is 12.6. The van der Waals surface area contributed by atoms with Crippen LogP contribution in [-0.4, -0.2) is 181 Å². The quantitative estimate of drug-likeness (QED) is 0.0976. The number of rotatable bonds is 11. The molecule has 0 bridgehead atoms. The van der Waals surface area contributed by atoms with E-state index in [4.69, 9.17) is 33.2 Å². The Balaban J connectivity index is 0.934. The third kappa shape index (κ3) is 7.36. The Labute approximate surface area is 386 Å². The Bertz CT molecular complexity index is 1810. The van der Waals surface area contributed by atoms with E-state index in [9.17, 15) is 55.9 Å². The number of fused-ring (bicyclic) bond motifs is 2. The molecule has 0 radical (unpaired) electrons. The van der Waals surface area contributed by atoms with E-state index < -0.39 is 123 Å². The predicted molar refractivity (Wildman–Crippen MR) is 228 cm³/mol. The number of esters is 1. The van der Waals surface area contributed by atoms with Crippen LogP contribution in [-0.2, 0) is 38.0 Å². The van der Waals surface area contributed by atoms with Crippen LogP contribution in [0.4, 0.5) is 0 Å². The Hall–Kier alpha value is -1.43. The molecule has 2 spiro atoms. The third-order valence-corrected chi connectivity index (χ3v) is 19.9. The smallest absolute Gasteiger partial charge is 0.333 e. The summed E-state index contributed by atoms with van der Waals surface area (Å²) in [5.74, 6) is 1.38. The summed E-state index contributed by atoms with van der Waals surface area (Å²) >= 11 is 0. The summed E-state index contributed by atoms with van der Waals surface area (Å²) in [6, 6.07) is 0. The first kappa shape index (κ1) is 49.5. The van der Waals surface area contributed by atoms with Crippen molar-refractivity contribution in [2.75, 3.05) is 19.8 Å². The van der Waals surface area contributed by atoms with E-state index in [0.29, 0.717) is 29.7 Å². The molecule has 25 atom stereocenters. The van der Waals surface area contributed by atoms with Crippen molar-refractivity contribution in [3.8, 4) is 0 Å². The normalized spacial score (nSPS) is 54.8. The molecule has 9 rings (SSSR count). The van der Waals surface area contributed by atoms with E-state index in [0.717, 1.165) is 51.4 Å². The van der Waals surface area contributed by atoms with Gasteiger partial charge in [-0.1, -0.05) is 40.7 Å². The minimum Gasteiger partial charge on any atom is -0.458 e. The van der Waals surface area contributed by atoms with Crippen LogP contribution in [0.1, 0.15) is 106 Å². The molecule has 376 valence electrons. The zero-order valence-electron chi connectivity index (χ0n) is 39.1. The Kier molecular flexibility index (Phi) is 13.3. The fraction of sp³-hybridized carbons (Fsp3) is 0.938. The van der Waals surface area contributed by atoms with Gasteiger partial charge >= 0.3 is 5.97 Å². The maximum Gasteiger partial charge on any atom is 0.333 e. The molecule has 3 saturated heterocycles. The average molecular weight is 941 g/mol. The number of carbonyl (C=O) groups is 1. The zero-order chi connectivity index (χ0) is 47.6. The number of aliphatic hydroxyl groups is 10. The second kappa shape index (κ2) is 17.7.